The first-order valence-corrected chi connectivity index (χ1v) is 5.56. The molecule has 1 heterocycles. The highest BCUT2D eigenvalue weighted by Crippen LogP contribution is 2.34. The van der Waals surface area contributed by atoms with Crippen molar-refractivity contribution in [1.82, 2.24) is 5.32 Å². The molecule has 13 heavy (non-hydrogen) atoms. The number of rotatable bonds is 0. The van der Waals surface area contributed by atoms with Crippen LogP contribution in [0.25, 0.3) is 0 Å². The molecule has 1 aliphatic carbocycles. The Hall–Kier alpha value is -0.0800. The number of ether oxygens (including phenoxy) is 1. The van der Waals surface area contributed by atoms with Crippen molar-refractivity contribution in [1.29, 1.82) is 0 Å². The molecule has 1 aliphatic heterocycles. The molecule has 1 spiro atoms. The van der Waals surface area contributed by atoms with E-state index in [4.69, 9.17) is 4.74 Å². The molecule has 1 saturated carbocycles. The van der Waals surface area contributed by atoms with Crippen molar-refractivity contribution >= 4 is 0 Å². The van der Waals surface area contributed by atoms with E-state index in [-0.39, 0.29) is 0 Å². The Kier molecular flexibility index (Phi) is 2.61. The van der Waals surface area contributed by atoms with Gasteiger partial charge in [0.25, 0.3) is 0 Å². The molecule has 2 fully saturated rings. The highest BCUT2D eigenvalue weighted by atomic mass is 16.5. The van der Waals surface area contributed by atoms with Gasteiger partial charge in [-0.15, -0.1) is 0 Å². The summed E-state index contributed by atoms with van der Waals surface area (Å²) in [5.41, 5.74) is 0.329. The summed E-state index contributed by atoms with van der Waals surface area (Å²) in [6.45, 7) is 6.40. The van der Waals surface area contributed by atoms with Gasteiger partial charge in [-0.2, -0.15) is 0 Å². The van der Waals surface area contributed by atoms with Gasteiger partial charge in [0, 0.05) is 11.6 Å². The van der Waals surface area contributed by atoms with E-state index < -0.39 is 0 Å². The van der Waals surface area contributed by atoms with Gasteiger partial charge in [-0.25, -0.2) is 0 Å². The molecule has 2 aliphatic rings. The molecule has 2 heteroatoms. The monoisotopic (exact) mass is 183 g/mol. The highest BCUT2D eigenvalue weighted by molar-refractivity contribution is 4.96. The van der Waals surface area contributed by atoms with Crippen LogP contribution in [0.2, 0.25) is 0 Å². The lowest BCUT2D eigenvalue weighted by Gasteiger charge is -2.45. The van der Waals surface area contributed by atoms with Crippen molar-refractivity contribution in [2.45, 2.75) is 51.1 Å². The summed E-state index contributed by atoms with van der Waals surface area (Å²) in [5.74, 6) is 0.871. The molecule has 0 radical (unpaired) electrons. The quantitative estimate of drug-likeness (QED) is 0.619. The minimum atomic E-state index is 0.329. The minimum absolute atomic E-state index is 0.329. The van der Waals surface area contributed by atoms with Gasteiger partial charge in [-0.3, -0.25) is 0 Å². The van der Waals surface area contributed by atoms with Gasteiger partial charge in [0.1, 0.15) is 0 Å². The summed E-state index contributed by atoms with van der Waals surface area (Å²) in [5, 5.41) is 3.74. The normalized spacial score (nSPS) is 46.6. The fourth-order valence-corrected chi connectivity index (χ4v) is 2.96. The fourth-order valence-electron chi connectivity index (χ4n) is 2.96. The van der Waals surface area contributed by atoms with Crippen LogP contribution in [-0.2, 0) is 4.74 Å². The van der Waals surface area contributed by atoms with E-state index >= 15 is 0 Å². The Labute approximate surface area is 81.0 Å². The molecule has 0 bridgehead atoms. The molecular formula is C11H21NO. The maximum Gasteiger partial charge on any atom is 0.0649 e. The van der Waals surface area contributed by atoms with Gasteiger partial charge in [-0.05, 0) is 25.7 Å². The molecule has 1 N–H and O–H groups in total. The van der Waals surface area contributed by atoms with Crippen LogP contribution in [0.5, 0.6) is 0 Å². The predicted octanol–water partition coefficient (Wildman–Crippen LogP) is 1.94. The summed E-state index contributed by atoms with van der Waals surface area (Å²) in [4.78, 5) is 0. The van der Waals surface area contributed by atoms with Crippen molar-refractivity contribution in [3.8, 4) is 0 Å². The molecule has 2 nitrogen and oxygen atoms in total. The molecule has 0 aromatic rings. The number of morpholine rings is 1. The van der Waals surface area contributed by atoms with Crippen molar-refractivity contribution in [2.24, 2.45) is 5.92 Å². The van der Waals surface area contributed by atoms with Crippen LogP contribution in [0.1, 0.15) is 39.5 Å². The molecule has 1 saturated heterocycles. The standard InChI is InChI=1S/C11H21NO/c1-9-4-3-5-11(6-9)8-13-7-10(2)12-11/h9-10,12H,3-8H2,1-2H3. The van der Waals surface area contributed by atoms with E-state index in [0.29, 0.717) is 11.6 Å². The lowest BCUT2D eigenvalue weighted by Crippen LogP contribution is -2.59. The average Bonchev–Trinajstić information content (AvgIpc) is 2.02. The zero-order chi connectivity index (χ0) is 9.31. The predicted molar refractivity (Wildman–Crippen MR) is 53.8 cm³/mol. The SMILES string of the molecule is CC1CCCC2(COCC(C)N2)C1. The smallest absolute Gasteiger partial charge is 0.0649 e. The Bertz CT molecular complexity index is 161. The van der Waals surface area contributed by atoms with Gasteiger partial charge in [0.15, 0.2) is 0 Å². The lowest BCUT2D eigenvalue weighted by atomic mass is 9.76. The molecule has 76 valence electrons. The van der Waals surface area contributed by atoms with E-state index in [1.807, 2.05) is 0 Å². The second-order valence-corrected chi connectivity index (χ2v) is 5.04. The van der Waals surface area contributed by atoms with E-state index in [1.54, 1.807) is 0 Å². The number of hydrogen-bond acceptors (Lipinski definition) is 2. The maximum absolute atomic E-state index is 5.66. The summed E-state index contributed by atoms with van der Waals surface area (Å²) < 4.78 is 5.66. The zero-order valence-corrected chi connectivity index (χ0v) is 8.81. The van der Waals surface area contributed by atoms with Crippen LogP contribution in [0.4, 0.5) is 0 Å². The van der Waals surface area contributed by atoms with Gasteiger partial charge < -0.3 is 10.1 Å². The van der Waals surface area contributed by atoms with E-state index in [9.17, 15) is 0 Å². The fraction of sp³-hybridized carbons (Fsp3) is 1.00. The number of hydrogen-bond donors (Lipinski definition) is 1. The largest absolute Gasteiger partial charge is 0.378 e. The third-order valence-electron chi connectivity index (χ3n) is 3.39. The Morgan fingerprint density at radius 1 is 1.38 bits per heavy atom. The molecule has 0 aromatic carbocycles. The molecule has 3 atom stereocenters. The van der Waals surface area contributed by atoms with Crippen LogP contribution < -0.4 is 5.32 Å². The van der Waals surface area contributed by atoms with Crippen molar-refractivity contribution in [3.05, 3.63) is 0 Å². The van der Waals surface area contributed by atoms with Crippen molar-refractivity contribution in [3.63, 3.8) is 0 Å². The summed E-state index contributed by atoms with van der Waals surface area (Å²) in [6.07, 6.45) is 5.38. The van der Waals surface area contributed by atoms with Crippen LogP contribution in [0, 0.1) is 5.92 Å². The topological polar surface area (TPSA) is 21.3 Å². The van der Waals surface area contributed by atoms with E-state index in [1.165, 1.54) is 25.7 Å². The van der Waals surface area contributed by atoms with Crippen molar-refractivity contribution < 1.29 is 4.74 Å². The molecule has 3 unspecified atom stereocenters. The first kappa shape index (κ1) is 9.47. The molecular weight excluding hydrogens is 162 g/mol. The van der Waals surface area contributed by atoms with Crippen LogP contribution in [0.3, 0.4) is 0 Å². The second-order valence-electron chi connectivity index (χ2n) is 5.04. The highest BCUT2D eigenvalue weighted by Gasteiger charge is 2.38. The first-order chi connectivity index (χ1) is 6.20. The van der Waals surface area contributed by atoms with Crippen LogP contribution in [-0.4, -0.2) is 24.8 Å². The Morgan fingerprint density at radius 3 is 2.92 bits per heavy atom. The second kappa shape index (κ2) is 3.58. The van der Waals surface area contributed by atoms with Gasteiger partial charge in [-0.1, -0.05) is 19.8 Å². The molecule has 0 aromatic heterocycles. The summed E-state index contributed by atoms with van der Waals surface area (Å²) in [6, 6.07) is 0.541. The van der Waals surface area contributed by atoms with Gasteiger partial charge in [0.2, 0.25) is 0 Å². The molecule has 0 amide bonds. The third kappa shape index (κ3) is 2.05. The van der Waals surface area contributed by atoms with Gasteiger partial charge >= 0.3 is 0 Å². The summed E-state index contributed by atoms with van der Waals surface area (Å²) >= 11 is 0. The maximum atomic E-state index is 5.66. The van der Waals surface area contributed by atoms with Gasteiger partial charge in [0.05, 0.1) is 13.2 Å². The van der Waals surface area contributed by atoms with Crippen LogP contribution in [0.15, 0.2) is 0 Å². The van der Waals surface area contributed by atoms with Crippen LogP contribution >= 0.6 is 0 Å². The third-order valence-corrected chi connectivity index (χ3v) is 3.39. The van der Waals surface area contributed by atoms with E-state index in [2.05, 4.69) is 19.2 Å². The summed E-state index contributed by atoms with van der Waals surface area (Å²) in [7, 11) is 0. The first-order valence-electron chi connectivity index (χ1n) is 5.56. The molecule has 2 rings (SSSR count). The Morgan fingerprint density at radius 2 is 2.23 bits per heavy atom. The van der Waals surface area contributed by atoms with E-state index in [0.717, 1.165) is 19.1 Å². The van der Waals surface area contributed by atoms with Crippen molar-refractivity contribution in [2.75, 3.05) is 13.2 Å². The minimum Gasteiger partial charge on any atom is -0.378 e. The number of nitrogens with one attached hydrogen (secondary N) is 1. The Balaban J connectivity index is 2.00. The average molecular weight is 183 g/mol. The lowest BCUT2D eigenvalue weighted by molar-refractivity contribution is -0.0214. The zero-order valence-electron chi connectivity index (χ0n) is 8.81.